The fraction of sp³-hybridized carbons (Fsp3) is 0.600. The third kappa shape index (κ3) is 2.69. The number of amides is 1. The molecule has 1 aliphatic carbocycles. The molecule has 2 fully saturated rings. The first-order valence-corrected chi connectivity index (χ1v) is 8.27. The van der Waals surface area contributed by atoms with E-state index in [0.717, 1.165) is 35.6 Å². The molecule has 2 aliphatic rings. The summed E-state index contributed by atoms with van der Waals surface area (Å²) >= 11 is 0. The molecular weight excluding hydrogens is 308 g/mol. The van der Waals surface area contributed by atoms with Crippen LogP contribution in [0.2, 0.25) is 0 Å². The summed E-state index contributed by atoms with van der Waals surface area (Å²) in [6.07, 6.45) is 2.93. The quantitative estimate of drug-likeness (QED) is 0.652. The van der Waals surface area contributed by atoms with Crippen LogP contribution in [0, 0.1) is 13.8 Å². The second-order valence-electron chi connectivity index (χ2n) is 6.65. The van der Waals surface area contributed by atoms with Crippen LogP contribution in [0.3, 0.4) is 0 Å². The van der Waals surface area contributed by atoms with Gasteiger partial charge in [-0.05, 0) is 33.1 Å². The summed E-state index contributed by atoms with van der Waals surface area (Å²) in [5.74, 6) is 1.56. The second-order valence-corrected chi connectivity index (χ2v) is 6.65. The van der Waals surface area contributed by atoms with E-state index < -0.39 is 0 Å². The lowest BCUT2D eigenvalue weighted by atomic mass is 10.00. The maximum Gasteiger partial charge on any atom is 0.248 e. The summed E-state index contributed by atoms with van der Waals surface area (Å²) in [4.78, 5) is 16.8. The maximum atomic E-state index is 12.4. The molecule has 1 amide bonds. The molecule has 4 N–H and O–H groups in total. The van der Waals surface area contributed by atoms with Gasteiger partial charge in [0.25, 0.3) is 0 Å². The molecule has 3 heterocycles. The molecule has 2 aromatic rings. The highest BCUT2D eigenvalue weighted by Crippen LogP contribution is 2.38. The number of H-pyrrole nitrogens is 1. The molecular formula is C15H22N8O. The molecule has 128 valence electrons. The molecule has 9 heteroatoms. The summed E-state index contributed by atoms with van der Waals surface area (Å²) < 4.78 is 1.87. The Kier molecular flexibility index (Phi) is 3.61. The van der Waals surface area contributed by atoms with Crippen LogP contribution in [0.1, 0.15) is 54.0 Å². The van der Waals surface area contributed by atoms with E-state index in [1.807, 2.05) is 25.6 Å². The van der Waals surface area contributed by atoms with E-state index in [0.29, 0.717) is 18.3 Å². The SMILES string of the molecule is Cc1nn(C)c(C)c1C1CC(C(=O)Nc2n[nH]c(C3CC3)n2)NN1. The van der Waals surface area contributed by atoms with Gasteiger partial charge in [0.1, 0.15) is 11.9 Å². The van der Waals surface area contributed by atoms with Crippen LogP contribution >= 0.6 is 0 Å². The first kappa shape index (κ1) is 15.3. The number of carbonyl (C=O) groups is 1. The lowest BCUT2D eigenvalue weighted by Crippen LogP contribution is -2.39. The van der Waals surface area contributed by atoms with Gasteiger partial charge < -0.3 is 0 Å². The summed E-state index contributed by atoms with van der Waals surface area (Å²) in [6, 6.07) is -0.277. The number of hydrogen-bond acceptors (Lipinski definition) is 6. The number of hydrogen-bond donors (Lipinski definition) is 4. The van der Waals surface area contributed by atoms with Crippen molar-refractivity contribution in [3.05, 3.63) is 22.8 Å². The normalized spacial score (nSPS) is 23.6. The fourth-order valence-corrected chi connectivity index (χ4v) is 3.28. The summed E-state index contributed by atoms with van der Waals surface area (Å²) in [5.41, 5.74) is 9.51. The maximum absolute atomic E-state index is 12.4. The summed E-state index contributed by atoms with van der Waals surface area (Å²) in [5, 5.41) is 14.2. The number of nitrogens with one attached hydrogen (secondary N) is 4. The molecule has 4 rings (SSSR count). The van der Waals surface area contributed by atoms with Crippen molar-refractivity contribution in [3.63, 3.8) is 0 Å². The van der Waals surface area contributed by atoms with Crippen LogP contribution in [0.5, 0.6) is 0 Å². The van der Waals surface area contributed by atoms with Crippen molar-refractivity contribution in [2.45, 2.75) is 51.1 Å². The van der Waals surface area contributed by atoms with Gasteiger partial charge in [-0.1, -0.05) is 0 Å². The van der Waals surface area contributed by atoms with E-state index in [4.69, 9.17) is 0 Å². The molecule has 2 unspecified atom stereocenters. The number of carbonyl (C=O) groups excluding carboxylic acids is 1. The van der Waals surface area contributed by atoms with E-state index in [9.17, 15) is 4.79 Å². The van der Waals surface area contributed by atoms with Crippen molar-refractivity contribution in [1.29, 1.82) is 0 Å². The standard InChI is InChI=1S/C15H22N8O/c1-7-12(8(2)23(3)22-7)10-6-11(19-18-10)14(24)17-15-16-13(20-21-15)9-4-5-9/h9-11,18-19H,4-6H2,1-3H3,(H2,16,17,20,21,24). The van der Waals surface area contributed by atoms with Crippen LogP contribution in [0.25, 0.3) is 0 Å². The Morgan fingerprint density at radius 3 is 2.75 bits per heavy atom. The first-order valence-electron chi connectivity index (χ1n) is 8.27. The van der Waals surface area contributed by atoms with Gasteiger partial charge in [0.2, 0.25) is 11.9 Å². The van der Waals surface area contributed by atoms with E-state index in [1.165, 1.54) is 0 Å². The average Bonchev–Trinajstić information content (AvgIpc) is 2.99. The van der Waals surface area contributed by atoms with E-state index >= 15 is 0 Å². The van der Waals surface area contributed by atoms with Crippen molar-refractivity contribution >= 4 is 11.9 Å². The Morgan fingerprint density at radius 1 is 1.29 bits per heavy atom. The number of aryl methyl sites for hydroxylation is 2. The molecule has 1 aliphatic heterocycles. The smallest absolute Gasteiger partial charge is 0.248 e. The highest BCUT2D eigenvalue weighted by atomic mass is 16.2. The minimum Gasteiger partial charge on any atom is -0.292 e. The summed E-state index contributed by atoms with van der Waals surface area (Å²) in [6.45, 7) is 4.03. The molecule has 0 radical (unpaired) electrons. The van der Waals surface area contributed by atoms with Gasteiger partial charge in [-0.25, -0.2) is 10.9 Å². The molecule has 0 spiro atoms. The number of hydrazine groups is 1. The van der Waals surface area contributed by atoms with Gasteiger partial charge in [-0.3, -0.25) is 19.9 Å². The molecule has 1 saturated heterocycles. The predicted octanol–water partition coefficient (Wildman–Crippen LogP) is 0.579. The van der Waals surface area contributed by atoms with Gasteiger partial charge in [0, 0.05) is 24.2 Å². The fourth-order valence-electron chi connectivity index (χ4n) is 3.28. The second kappa shape index (κ2) is 5.67. The van der Waals surface area contributed by atoms with Gasteiger partial charge in [0.05, 0.1) is 11.7 Å². The number of nitrogens with zero attached hydrogens (tertiary/aromatic N) is 4. The van der Waals surface area contributed by atoms with Gasteiger partial charge >= 0.3 is 0 Å². The third-order valence-electron chi connectivity index (χ3n) is 4.83. The van der Waals surface area contributed by atoms with Gasteiger partial charge in [-0.15, -0.1) is 5.10 Å². The van der Waals surface area contributed by atoms with E-state index in [1.54, 1.807) is 0 Å². The lowest BCUT2D eigenvalue weighted by Gasteiger charge is -2.10. The van der Waals surface area contributed by atoms with Crippen molar-refractivity contribution < 1.29 is 4.79 Å². The lowest BCUT2D eigenvalue weighted by molar-refractivity contribution is -0.117. The van der Waals surface area contributed by atoms with Crippen molar-refractivity contribution in [2.75, 3.05) is 5.32 Å². The first-order chi connectivity index (χ1) is 11.5. The zero-order valence-electron chi connectivity index (χ0n) is 14.1. The highest BCUT2D eigenvalue weighted by Gasteiger charge is 2.34. The van der Waals surface area contributed by atoms with Crippen LogP contribution < -0.4 is 16.2 Å². The minimum absolute atomic E-state index is 0.0589. The Labute approximate surface area is 139 Å². The van der Waals surface area contributed by atoms with Crippen LogP contribution in [-0.2, 0) is 11.8 Å². The molecule has 2 atom stereocenters. The Hall–Kier alpha value is -2.26. The van der Waals surface area contributed by atoms with Crippen LogP contribution in [-0.4, -0.2) is 36.9 Å². The van der Waals surface area contributed by atoms with Crippen molar-refractivity contribution in [2.24, 2.45) is 7.05 Å². The largest absolute Gasteiger partial charge is 0.292 e. The minimum atomic E-state index is -0.336. The van der Waals surface area contributed by atoms with E-state index in [-0.39, 0.29) is 18.0 Å². The van der Waals surface area contributed by atoms with Crippen molar-refractivity contribution in [3.8, 4) is 0 Å². The topological polar surface area (TPSA) is 113 Å². The summed E-state index contributed by atoms with van der Waals surface area (Å²) in [7, 11) is 1.93. The van der Waals surface area contributed by atoms with Gasteiger partial charge in [-0.2, -0.15) is 10.1 Å². The predicted molar refractivity (Wildman–Crippen MR) is 87.1 cm³/mol. The number of anilines is 1. The molecule has 9 nitrogen and oxygen atoms in total. The molecule has 2 aromatic heterocycles. The number of aromatic amines is 1. The Morgan fingerprint density at radius 2 is 2.08 bits per heavy atom. The van der Waals surface area contributed by atoms with Gasteiger partial charge in [0.15, 0.2) is 0 Å². The zero-order chi connectivity index (χ0) is 16.8. The average molecular weight is 330 g/mol. The van der Waals surface area contributed by atoms with Crippen molar-refractivity contribution in [1.82, 2.24) is 35.8 Å². The monoisotopic (exact) mass is 330 g/mol. The molecule has 0 aromatic carbocycles. The Balaban J connectivity index is 1.41. The van der Waals surface area contributed by atoms with E-state index in [2.05, 4.69) is 36.4 Å². The van der Waals surface area contributed by atoms with Crippen LogP contribution in [0.15, 0.2) is 0 Å². The Bertz CT molecular complexity index is 775. The van der Waals surface area contributed by atoms with Crippen LogP contribution in [0.4, 0.5) is 5.95 Å². The zero-order valence-corrected chi connectivity index (χ0v) is 14.1. The number of rotatable bonds is 4. The third-order valence-corrected chi connectivity index (χ3v) is 4.83. The molecule has 0 bridgehead atoms. The molecule has 1 saturated carbocycles. The number of aromatic nitrogens is 5. The molecule has 24 heavy (non-hydrogen) atoms. The highest BCUT2D eigenvalue weighted by molar-refractivity contribution is 5.93.